The van der Waals surface area contributed by atoms with Crippen LogP contribution in [0.2, 0.25) is 0 Å². The first kappa shape index (κ1) is 16.3. The van der Waals surface area contributed by atoms with E-state index >= 15 is 0 Å². The molecule has 0 radical (unpaired) electrons. The fraction of sp³-hybridized carbons (Fsp3) is 0.722. The zero-order chi connectivity index (χ0) is 15.2. The highest BCUT2D eigenvalue weighted by Crippen LogP contribution is 2.32. The number of aromatic nitrogens is 1. The Morgan fingerprint density at radius 2 is 2.00 bits per heavy atom. The molecule has 0 amide bonds. The fourth-order valence-electron chi connectivity index (χ4n) is 3.56. The number of aryl methyl sites for hydroxylation is 1. The number of carbonyl (C=O) groups excluding carboxylic acids is 1. The molecule has 0 aliphatic heterocycles. The van der Waals surface area contributed by atoms with Crippen LogP contribution in [-0.4, -0.2) is 23.4 Å². The average molecular weight is 290 g/mol. The van der Waals surface area contributed by atoms with E-state index in [9.17, 15) is 4.79 Å². The van der Waals surface area contributed by atoms with Crippen molar-refractivity contribution in [2.24, 2.45) is 0 Å². The molecule has 2 rings (SSSR count). The van der Waals surface area contributed by atoms with Gasteiger partial charge in [-0.05, 0) is 45.7 Å². The Morgan fingerprint density at radius 3 is 2.67 bits per heavy atom. The molecule has 21 heavy (non-hydrogen) atoms. The van der Waals surface area contributed by atoms with Gasteiger partial charge in [0, 0.05) is 23.0 Å². The van der Waals surface area contributed by atoms with Crippen molar-refractivity contribution >= 4 is 5.78 Å². The first-order valence-electron chi connectivity index (χ1n) is 8.57. The third kappa shape index (κ3) is 3.97. The maximum absolute atomic E-state index is 12.4. The molecular weight excluding hydrogens is 260 g/mol. The summed E-state index contributed by atoms with van der Waals surface area (Å²) in [5.74, 6) is 0.237. The largest absolute Gasteiger partial charge is 0.345 e. The summed E-state index contributed by atoms with van der Waals surface area (Å²) in [7, 11) is 0. The Hall–Kier alpha value is -1.09. The Labute approximate surface area is 129 Å². The number of unbranched alkanes of at least 4 members (excludes halogenated alkanes) is 1. The standard InChI is InChI=1S/C18H30N2O/c1-4-5-11-19-13-18(21)17-12-14(2)20(15(17)3)16-9-7-6-8-10-16/h12,16,19H,4-11,13H2,1-3H3. The van der Waals surface area contributed by atoms with E-state index in [1.807, 2.05) is 0 Å². The summed E-state index contributed by atoms with van der Waals surface area (Å²) in [6.07, 6.45) is 8.83. The van der Waals surface area contributed by atoms with Crippen LogP contribution >= 0.6 is 0 Å². The van der Waals surface area contributed by atoms with E-state index in [0.29, 0.717) is 12.6 Å². The lowest BCUT2D eigenvalue weighted by Gasteiger charge is -2.26. The number of rotatable bonds is 7. The van der Waals surface area contributed by atoms with Gasteiger partial charge in [-0.25, -0.2) is 0 Å². The van der Waals surface area contributed by atoms with Crippen LogP contribution in [-0.2, 0) is 0 Å². The van der Waals surface area contributed by atoms with Crippen molar-refractivity contribution in [2.45, 2.75) is 71.8 Å². The van der Waals surface area contributed by atoms with Gasteiger partial charge in [-0.1, -0.05) is 32.6 Å². The summed E-state index contributed by atoms with van der Waals surface area (Å²) in [6.45, 7) is 7.82. The molecule has 0 spiro atoms. The van der Waals surface area contributed by atoms with Crippen molar-refractivity contribution in [2.75, 3.05) is 13.1 Å². The quantitative estimate of drug-likeness (QED) is 0.603. The van der Waals surface area contributed by atoms with Crippen LogP contribution in [0.4, 0.5) is 0 Å². The Morgan fingerprint density at radius 1 is 1.29 bits per heavy atom. The molecule has 1 saturated carbocycles. The zero-order valence-electron chi connectivity index (χ0n) is 13.9. The third-order valence-electron chi connectivity index (χ3n) is 4.72. The van der Waals surface area contributed by atoms with E-state index in [1.165, 1.54) is 43.5 Å². The molecule has 118 valence electrons. The normalized spacial score (nSPS) is 16.3. The molecule has 3 nitrogen and oxygen atoms in total. The van der Waals surface area contributed by atoms with Crippen LogP contribution in [0.25, 0.3) is 0 Å². The maximum Gasteiger partial charge on any atom is 0.178 e. The number of Topliss-reactive ketones (excluding diaryl/α,β-unsaturated/α-hetero) is 1. The van der Waals surface area contributed by atoms with Crippen molar-refractivity contribution in [1.29, 1.82) is 0 Å². The Bertz CT molecular complexity index is 470. The molecular formula is C18H30N2O. The highest BCUT2D eigenvalue weighted by molar-refractivity contribution is 5.99. The zero-order valence-corrected chi connectivity index (χ0v) is 13.9. The first-order valence-corrected chi connectivity index (χ1v) is 8.57. The molecule has 0 bridgehead atoms. The summed E-state index contributed by atoms with van der Waals surface area (Å²) in [5, 5.41) is 3.26. The van der Waals surface area contributed by atoms with Gasteiger partial charge in [0.05, 0.1) is 6.54 Å². The summed E-state index contributed by atoms with van der Waals surface area (Å²) in [4.78, 5) is 12.4. The van der Waals surface area contributed by atoms with E-state index in [2.05, 4.69) is 36.7 Å². The van der Waals surface area contributed by atoms with Gasteiger partial charge in [0.1, 0.15) is 0 Å². The summed E-state index contributed by atoms with van der Waals surface area (Å²) in [6, 6.07) is 2.70. The van der Waals surface area contributed by atoms with Crippen molar-refractivity contribution in [3.8, 4) is 0 Å². The molecule has 1 N–H and O–H groups in total. The molecule has 1 aliphatic carbocycles. The number of nitrogens with one attached hydrogen (secondary N) is 1. The van der Waals surface area contributed by atoms with Crippen LogP contribution in [0, 0.1) is 13.8 Å². The first-order chi connectivity index (χ1) is 10.1. The smallest absolute Gasteiger partial charge is 0.178 e. The number of nitrogens with zero attached hydrogens (tertiary/aromatic N) is 1. The molecule has 0 atom stereocenters. The van der Waals surface area contributed by atoms with E-state index in [-0.39, 0.29) is 5.78 Å². The molecule has 1 fully saturated rings. The molecule has 3 heteroatoms. The summed E-state index contributed by atoms with van der Waals surface area (Å²) >= 11 is 0. The lowest BCUT2D eigenvalue weighted by Crippen LogP contribution is -2.24. The monoisotopic (exact) mass is 290 g/mol. The predicted octanol–water partition coefficient (Wildman–Crippen LogP) is 4.18. The minimum absolute atomic E-state index is 0.237. The van der Waals surface area contributed by atoms with Crippen LogP contribution in [0.1, 0.15) is 79.7 Å². The summed E-state index contributed by atoms with van der Waals surface area (Å²) in [5.41, 5.74) is 3.33. The van der Waals surface area contributed by atoms with Gasteiger partial charge in [0.15, 0.2) is 5.78 Å². The Balaban J connectivity index is 2.05. The molecule has 1 heterocycles. The second kappa shape index (κ2) is 7.79. The second-order valence-corrected chi connectivity index (χ2v) is 6.40. The lowest BCUT2D eigenvalue weighted by atomic mass is 9.95. The van der Waals surface area contributed by atoms with Crippen molar-refractivity contribution < 1.29 is 4.79 Å². The maximum atomic E-state index is 12.4. The van der Waals surface area contributed by atoms with Crippen molar-refractivity contribution in [3.63, 3.8) is 0 Å². The molecule has 0 aromatic carbocycles. The van der Waals surface area contributed by atoms with Gasteiger partial charge < -0.3 is 9.88 Å². The van der Waals surface area contributed by atoms with E-state index in [0.717, 1.165) is 24.9 Å². The van der Waals surface area contributed by atoms with Crippen LogP contribution in [0.5, 0.6) is 0 Å². The van der Waals surface area contributed by atoms with E-state index < -0.39 is 0 Å². The molecule has 1 aliphatic rings. The highest BCUT2D eigenvalue weighted by Gasteiger charge is 2.22. The lowest BCUT2D eigenvalue weighted by molar-refractivity contribution is 0.0990. The molecule has 0 saturated heterocycles. The predicted molar refractivity (Wildman–Crippen MR) is 88.1 cm³/mol. The number of carbonyl (C=O) groups is 1. The topological polar surface area (TPSA) is 34.0 Å². The van der Waals surface area contributed by atoms with Crippen LogP contribution < -0.4 is 5.32 Å². The highest BCUT2D eigenvalue weighted by atomic mass is 16.1. The van der Waals surface area contributed by atoms with Crippen molar-refractivity contribution in [1.82, 2.24) is 9.88 Å². The third-order valence-corrected chi connectivity index (χ3v) is 4.72. The second-order valence-electron chi connectivity index (χ2n) is 6.40. The van der Waals surface area contributed by atoms with Gasteiger partial charge >= 0.3 is 0 Å². The van der Waals surface area contributed by atoms with Crippen LogP contribution in [0.3, 0.4) is 0 Å². The SMILES string of the molecule is CCCCNCC(=O)c1cc(C)n(C2CCCCC2)c1C. The fourth-order valence-corrected chi connectivity index (χ4v) is 3.56. The minimum atomic E-state index is 0.237. The van der Waals surface area contributed by atoms with Gasteiger partial charge in [0.25, 0.3) is 0 Å². The van der Waals surface area contributed by atoms with Gasteiger partial charge in [-0.3, -0.25) is 4.79 Å². The van der Waals surface area contributed by atoms with Gasteiger partial charge in [-0.2, -0.15) is 0 Å². The summed E-state index contributed by atoms with van der Waals surface area (Å²) < 4.78 is 2.42. The van der Waals surface area contributed by atoms with Gasteiger partial charge in [0.2, 0.25) is 0 Å². The number of hydrogen-bond donors (Lipinski definition) is 1. The number of ketones is 1. The molecule has 1 aromatic heterocycles. The molecule has 1 aromatic rings. The van der Waals surface area contributed by atoms with E-state index in [4.69, 9.17) is 0 Å². The average Bonchev–Trinajstić information content (AvgIpc) is 2.79. The van der Waals surface area contributed by atoms with Crippen molar-refractivity contribution in [3.05, 3.63) is 23.0 Å². The van der Waals surface area contributed by atoms with Gasteiger partial charge in [-0.15, -0.1) is 0 Å². The minimum Gasteiger partial charge on any atom is -0.345 e. The van der Waals surface area contributed by atoms with E-state index in [1.54, 1.807) is 0 Å². The van der Waals surface area contributed by atoms with Crippen LogP contribution in [0.15, 0.2) is 6.07 Å². The number of hydrogen-bond acceptors (Lipinski definition) is 2. The molecule has 0 unspecified atom stereocenters. The Kier molecular flexibility index (Phi) is 6.04.